The smallest absolute Gasteiger partial charge is 0.340 e. The lowest BCUT2D eigenvalue weighted by atomic mass is 10.0. The van der Waals surface area contributed by atoms with Crippen molar-refractivity contribution < 1.29 is 23.8 Å². The molecule has 0 fully saturated rings. The number of para-hydroxylation sites is 1. The lowest BCUT2D eigenvalue weighted by molar-refractivity contribution is -0.125. The maximum Gasteiger partial charge on any atom is 0.340 e. The van der Waals surface area contributed by atoms with E-state index in [9.17, 15) is 9.59 Å². The summed E-state index contributed by atoms with van der Waals surface area (Å²) in [5.74, 6) is -0.0800. The van der Waals surface area contributed by atoms with Crippen molar-refractivity contribution in [3.8, 4) is 22.8 Å². The predicted molar refractivity (Wildman–Crippen MR) is 160 cm³/mol. The summed E-state index contributed by atoms with van der Waals surface area (Å²) in [7, 11) is 3.12. The van der Waals surface area contributed by atoms with Gasteiger partial charge in [-0.3, -0.25) is 4.79 Å². The van der Waals surface area contributed by atoms with E-state index in [2.05, 4.69) is 5.32 Å². The summed E-state index contributed by atoms with van der Waals surface area (Å²) >= 11 is 6.26. The van der Waals surface area contributed by atoms with Crippen LogP contribution >= 0.6 is 11.6 Å². The molecule has 0 aliphatic heterocycles. The fourth-order valence-corrected chi connectivity index (χ4v) is 4.62. The lowest BCUT2D eigenvalue weighted by Crippen LogP contribution is -2.26. The molecule has 0 saturated heterocycles. The molecule has 1 amide bonds. The van der Waals surface area contributed by atoms with Crippen molar-refractivity contribution >= 4 is 40.1 Å². The van der Waals surface area contributed by atoms with E-state index in [1.807, 2.05) is 37.3 Å². The molecule has 1 aromatic heterocycles. The molecule has 206 valence electrons. The minimum absolute atomic E-state index is 0.271. The highest BCUT2D eigenvalue weighted by molar-refractivity contribution is 6.31. The first-order valence-corrected chi connectivity index (χ1v) is 13.2. The minimum atomic E-state index is -1.22. The van der Waals surface area contributed by atoms with Gasteiger partial charge in [0.05, 0.1) is 31.0 Å². The number of methoxy groups -OCH3 is 2. The number of aromatic nitrogens is 1. The number of benzene rings is 4. The van der Waals surface area contributed by atoms with Gasteiger partial charge in [-0.15, -0.1) is 0 Å². The first-order valence-electron chi connectivity index (χ1n) is 12.8. The van der Waals surface area contributed by atoms with Crippen molar-refractivity contribution in [3.63, 3.8) is 0 Å². The van der Waals surface area contributed by atoms with Crippen LogP contribution in [-0.2, 0) is 9.53 Å². The van der Waals surface area contributed by atoms with E-state index in [0.717, 1.165) is 11.1 Å². The van der Waals surface area contributed by atoms with Crippen LogP contribution in [0.25, 0.3) is 22.2 Å². The number of carbonyl (C=O) groups excluding carboxylic acids is 2. The van der Waals surface area contributed by atoms with Crippen molar-refractivity contribution in [1.29, 1.82) is 0 Å². The number of pyridine rings is 1. The Hall–Kier alpha value is -4.88. The first-order chi connectivity index (χ1) is 19.9. The molecular weight excluding hydrogens is 540 g/mol. The van der Waals surface area contributed by atoms with Gasteiger partial charge in [0, 0.05) is 27.2 Å². The van der Waals surface area contributed by atoms with Gasteiger partial charge in [-0.05, 0) is 55.0 Å². The maximum absolute atomic E-state index is 13.8. The summed E-state index contributed by atoms with van der Waals surface area (Å²) in [4.78, 5) is 32.1. The van der Waals surface area contributed by atoms with Crippen LogP contribution in [0, 0.1) is 6.92 Å². The third-order valence-corrected chi connectivity index (χ3v) is 7.03. The average Bonchev–Trinajstić information content (AvgIpc) is 3.01. The zero-order valence-electron chi connectivity index (χ0n) is 22.7. The number of anilines is 1. The van der Waals surface area contributed by atoms with Crippen LogP contribution < -0.4 is 14.8 Å². The normalized spacial score (nSPS) is 11.5. The number of rotatable bonds is 8. The highest BCUT2D eigenvalue weighted by atomic mass is 35.5. The second-order valence-electron chi connectivity index (χ2n) is 9.29. The van der Waals surface area contributed by atoms with Gasteiger partial charge >= 0.3 is 5.97 Å². The molecule has 1 heterocycles. The van der Waals surface area contributed by atoms with Crippen LogP contribution in [0.4, 0.5) is 5.69 Å². The van der Waals surface area contributed by atoms with Crippen molar-refractivity contribution in [1.82, 2.24) is 4.98 Å². The molecule has 0 spiro atoms. The van der Waals surface area contributed by atoms with E-state index in [-0.39, 0.29) is 5.56 Å². The van der Waals surface area contributed by atoms with Crippen molar-refractivity contribution in [2.45, 2.75) is 13.0 Å². The number of halogens is 1. The van der Waals surface area contributed by atoms with Crippen molar-refractivity contribution in [2.24, 2.45) is 0 Å². The van der Waals surface area contributed by atoms with Gasteiger partial charge < -0.3 is 19.5 Å². The fourth-order valence-electron chi connectivity index (χ4n) is 4.44. The van der Waals surface area contributed by atoms with Crippen LogP contribution in [0.1, 0.15) is 27.6 Å². The Morgan fingerprint density at radius 1 is 0.829 bits per heavy atom. The minimum Gasteiger partial charge on any atom is -0.493 e. The number of esters is 1. The van der Waals surface area contributed by atoms with Crippen molar-refractivity contribution in [2.75, 3.05) is 19.5 Å². The number of fused-ring (bicyclic) bond motifs is 1. The van der Waals surface area contributed by atoms with Gasteiger partial charge in [-0.25, -0.2) is 9.78 Å². The third-order valence-electron chi connectivity index (χ3n) is 6.62. The molecule has 0 aliphatic rings. The standard InChI is InChI=1S/C33H27ClN2O5/c1-20-13-15-23(18-26(20)34)35-32(37)31(21-9-5-4-6-10-21)41-33(38)25-19-28(36-27-12-8-7-11-24(25)27)22-14-16-29(39-2)30(17-22)40-3/h4-19,31H,1-3H3,(H,35,37)/t31-/m0/s1. The second kappa shape index (κ2) is 12.1. The summed E-state index contributed by atoms with van der Waals surface area (Å²) in [6.07, 6.45) is -1.22. The molecule has 0 unspecified atom stereocenters. The van der Waals surface area contributed by atoms with Gasteiger partial charge in [0.1, 0.15) is 0 Å². The largest absolute Gasteiger partial charge is 0.493 e. The Morgan fingerprint density at radius 2 is 1.56 bits per heavy atom. The summed E-state index contributed by atoms with van der Waals surface area (Å²) in [5.41, 5.74) is 4.02. The van der Waals surface area contributed by atoms with Gasteiger partial charge in [0.2, 0.25) is 6.10 Å². The predicted octanol–water partition coefficient (Wildman–Crippen LogP) is 7.42. The summed E-state index contributed by atoms with van der Waals surface area (Å²) < 4.78 is 16.7. The topological polar surface area (TPSA) is 86.8 Å². The van der Waals surface area contributed by atoms with Crippen LogP contribution in [0.5, 0.6) is 11.5 Å². The number of hydrogen-bond acceptors (Lipinski definition) is 6. The molecule has 1 N–H and O–H groups in total. The molecule has 7 nitrogen and oxygen atoms in total. The molecule has 5 aromatic rings. The van der Waals surface area contributed by atoms with Crippen molar-refractivity contribution in [3.05, 3.63) is 119 Å². The van der Waals surface area contributed by atoms with Gasteiger partial charge in [-0.1, -0.05) is 66.2 Å². The van der Waals surface area contributed by atoms with Crippen LogP contribution in [0.15, 0.2) is 97.1 Å². The lowest BCUT2D eigenvalue weighted by Gasteiger charge is -2.19. The zero-order valence-corrected chi connectivity index (χ0v) is 23.4. The Kier molecular flexibility index (Phi) is 8.17. The van der Waals surface area contributed by atoms with Gasteiger partial charge in [0.25, 0.3) is 5.91 Å². The first kappa shape index (κ1) is 27.7. The number of ether oxygens (including phenoxy) is 3. The quantitative estimate of drug-likeness (QED) is 0.197. The zero-order chi connectivity index (χ0) is 28.9. The van der Waals surface area contributed by atoms with Gasteiger partial charge in [-0.2, -0.15) is 0 Å². The molecule has 0 saturated carbocycles. The molecule has 41 heavy (non-hydrogen) atoms. The van der Waals surface area contributed by atoms with Crippen LogP contribution in [0.3, 0.4) is 0 Å². The monoisotopic (exact) mass is 566 g/mol. The summed E-state index contributed by atoms with van der Waals surface area (Å²) in [5, 5.41) is 3.94. The number of carbonyl (C=O) groups is 2. The molecule has 4 aromatic carbocycles. The number of nitrogens with zero attached hydrogens (tertiary/aromatic N) is 1. The fraction of sp³-hybridized carbons (Fsp3) is 0.121. The molecule has 0 bridgehead atoms. The molecule has 0 aliphatic carbocycles. The van der Waals surface area contributed by atoms with E-state index in [0.29, 0.717) is 44.4 Å². The second-order valence-corrected chi connectivity index (χ2v) is 9.70. The molecular formula is C33H27ClN2O5. The highest BCUT2D eigenvalue weighted by Gasteiger charge is 2.27. The number of aryl methyl sites for hydroxylation is 1. The Bertz CT molecular complexity index is 1740. The van der Waals surface area contributed by atoms with Crippen LogP contribution in [0.2, 0.25) is 5.02 Å². The van der Waals surface area contributed by atoms with E-state index >= 15 is 0 Å². The Labute approximate surface area is 242 Å². The van der Waals surface area contributed by atoms with E-state index < -0.39 is 18.0 Å². The van der Waals surface area contributed by atoms with E-state index in [4.69, 9.17) is 30.8 Å². The summed E-state index contributed by atoms with van der Waals surface area (Å²) in [6.45, 7) is 1.87. The molecule has 1 atom stereocenters. The van der Waals surface area contributed by atoms with E-state index in [1.165, 1.54) is 0 Å². The SMILES string of the molecule is COc1ccc(-c2cc(C(=O)O[C@H](C(=O)Nc3ccc(C)c(Cl)c3)c3ccccc3)c3ccccc3n2)cc1OC. The Morgan fingerprint density at radius 3 is 2.29 bits per heavy atom. The maximum atomic E-state index is 13.8. The highest BCUT2D eigenvalue weighted by Crippen LogP contribution is 2.34. The third kappa shape index (κ3) is 6.00. The average molecular weight is 567 g/mol. The molecule has 0 radical (unpaired) electrons. The molecule has 8 heteroatoms. The molecule has 5 rings (SSSR count). The van der Waals surface area contributed by atoms with Crippen LogP contribution in [-0.4, -0.2) is 31.1 Å². The number of amides is 1. The summed E-state index contributed by atoms with van der Waals surface area (Å²) in [6, 6.07) is 28.4. The Balaban J connectivity index is 1.53. The van der Waals surface area contributed by atoms with E-state index in [1.54, 1.807) is 80.9 Å². The number of nitrogens with one attached hydrogen (secondary N) is 1. The number of hydrogen-bond donors (Lipinski definition) is 1. The van der Waals surface area contributed by atoms with Gasteiger partial charge in [0.15, 0.2) is 11.5 Å².